The maximum absolute atomic E-state index is 13.1. The van der Waals surface area contributed by atoms with E-state index in [-0.39, 0.29) is 5.69 Å². The fourth-order valence-electron chi connectivity index (χ4n) is 3.19. The van der Waals surface area contributed by atoms with Gasteiger partial charge >= 0.3 is 0 Å². The van der Waals surface area contributed by atoms with Gasteiger partial charge in [0.15, 0.2) is 6.29 Å². The molecule has 3 aromatic rings. The van der Waals surface area contributed by atoms with Crippen molar-refractivity contribution in [1.29, 1.82) is 5.26 Å². The van der Waals surface area contributed by atoms with Gasteiger partial charge in [0.2, 0.25) is 0 Å². The van der Waals surface area contributed by atoms with Crippen molar-refractivity contribution in [3.63, 3.8) is 0 Å². The number of aromatic nitrogens is 3. The third kappa shape index (κ3) is 5.05. The second-order valence-corrected chi connectivity index (χ2v) is 7.41. The SMILES string of the molecule is COCCNc1cc(NC(=O)c2cn(CC(C)C)c3ccc(C=O)nc23)ncc1C#N. The molecule has 9 heteroatoms. The van der Waals surface area contributed by atoms with Gasteiger partial charge in [-0.05, 0) is 18.1 Å². The summed E-state index contributed by atoms with van der Waals surface area (Å²) >= 11 is 0. The van der Waals surface area contributed by atoms with E-state index in [2.05, 4.69) is 40.5 Å². The molecule has 0 fully saturated rings. The van der Waals surface area contributed by atoms with Gasteiger partial charge in [0.1, 0.15) is 23.1 Å². The van der Waals surface area contributed by atoms with Crippen molar-refractivity contribution < 1.29 is 14.3 Å². The number of nitriles is 1. The average Bonchev–Trinajstić information content (AvgIpc) is 3.11. The van der Waals surface area contributed by atoms with Crippen LogP contribution < -0.4 is 10.6 Å². The lowest BCUT2D eigenvalue weighted by Crippen LogP contribution is -2.14. The van der Waals surface area contributed by atoms with Crippen LogP contribution >= 0.6 is 0 Å². The van der Waals surface area contributed by atoms with Crippen molar-refractivity contribution in [3.05, 3.63) is 47.4 Å². The maximum Gasteiger partial charge on any atom is 0.260 e. The van der Waals surface area contributed by atoms with Crippen molar-refractivity contribution in [2.45, 2.75) is 20.4 Å². The lowest BCUT2D eigenvalue weighted by atomic mass is 10.2. The smallest absolute Gasteiger partial charge is 0.260 e. The Kier molecular flexibility index (Phi) is 6.95. The number of ether oxygens (including phenoxy) is 1. The predicted octanol–water partition coefficient (Wildman–Crippen LogP) is 3.08. The lowest BCUT2D eigenvalue weighted by Gasteiger charge is -2.10. The number of nitrogens with zero attached hydrogens (tertiary/aromatic N) is 4. The fourth-order valence-corrected chi connectivity index (χ4v) is 3.19. The number of carbonyl (C=O) groups excluding carboxylic acids is 2. The molecule has 0 bridgehead atoms. The highest BCUT2D eigenvalue weighted by Gasteiger charge is 2.18. The highest BCUT2D eigenvalue weighted by molar-refractivity contribution is 6.12. The number of hydrogen-bond donors (Lipinski definition) is 2. The Morgan fingerprint density at radius 3 is 2.87 bits per heavy atom. The molecule has 0 aliphatic carbocycles. The Morgan fingerprint density at radius 2 is 2.19 bits per heavy atom. The van der Waals surface area contributed by atoms with Crippen LogP contribution in [0.4, 0.5) is 11.5 Å². The van der Waals surface area contributed by atoms with E-state index in [0.717, 1.165) is 5.52 Å². The number of anilines is 2. The number of fused-ring (bicyclic) bond motifs is 1. The minimum atomic E-state index is -0.400. The summed E-state index contributed by atoms with van der Waals surface area (Å²) < 4.78 is 6.97. The van der Waals surface area contributed by atoms with Crippen LogP contribution in [-0.2, 0) is 11.3 Å². The van der Waals surface area contributed by atoms with Gasteiger partial charge in [-0.25, -0.2) is 9.97 Å². The Bertz CT molecular complexity index is 1150. The summed E-state index contributed by atoms with van der Waals surface area (Å²) in [5.41, 5.74) is 2.74. The standard InChI is InChI=1S/C22H24N6O3/c1-14(2)11-28-12-17(21-19(28)5-4-16(13-29)26-21)22(30)27-20-8-18(24-6-7-31-3)15(9-23)10-25-20/h4-5,8,10,12-14H,6-7,11H2,1-3H3,(H2,24,25,27,30). The molecule has 2 N–H and O–H groups in total. The number of nitrogens with one attached hydrogen (secondary N) is 2. The molecule has 160 valence electrons. The first-order chi connectivity index (χ1) is 15.0. The average molecular weight is 420 g/mol. The number of hydrogen-bond acceptors (Lipinski definition) is 7. The lowest BCUT2D eigenvalue weighted by molar-refractivity contribution is 0.102. The Morgan fingerprint density at radius 1 is 1.39 bits per heavy atom. The van der Waals surface area contributed by atoms with Gasteiger partial charge in [-0.2, -0.15) is 5.26 Å². The van der Waals surface area contributed by atoms with E-state index in [9.17, 15) is 14.9 Å². The summed E-state index contributed by atoms with van der Waals surface area (Å²) in [6, 6.07) is 7.10. The van der Waals surface area contributed by atoms with Crippen molar-refractivity contribution in [3.8, 4) is 6.07 Å². The largest absolute Gasteiger partial charge is 0.383 e. The maximum atomic E-state index is 13.1. The first-order valence-corrected chi connectivity index (χ1v) is 9.86. The molecule has 0 aliphatic heterocycles. The third-order valence-corrected chi connectivity index (χ3v) is 4.56. The summed E-state index contributed by atoms with van der Waals surface area (Å²) in [5.74, 6) is 0.251. The molecule has 3 heterocycles. The zero-order valence-corrected chi connectivity index (χ0v) is 17.7. The Balaban J connectivity index is 1.93. The normalized spacial score (nSPS) is 10.8. The van der Waals surface area contributed by atoms with Gasteiger partial charge in [0.05, 0.1) is 28.9 Å². The molecule has 31 heavy (non-hydrogen) atoms. The topological polar surface area (TPSA) is 122 Å². The van der Waals surface area contributed by atoms with Gasteiger partial charge in [-0.3, -0.25) is 9.59 Å². The molecule has 9 nitrogen and oxygen atoms in total. The fraction of sp³-hybridized carbons (Fsp3) is 0.318. The predicted molar refractivity (Wildman–Crippen MR) is 117 cm³/mol. The van der Waals surface area contributed by atoms with Crippen LogP contribution in [0.15, 0.2) is 30.6 Å². The highest BCUT2D eigenvalue weighted by atomic mass is 16.5. The number of methoxy groups -OCH3 is 1. The molecule has 3 rings (SSSR count). The summed E-state index contributed by atoms with van der Waals surface area (Å²) in [5, 5.41) is 15.1. The molecule has 0 radical (unpaired) electrons. The van der Waals surface area contributed by atoms with Crippen LogP contribution in [0, 0.1) is 17.2 Å². The van der Waals surface area contributed by atoms with E-state index in [1.807, 2.05) is 4.57 Å². The molecule has 3 aromatic heterocycles. The number of rotatable bonds is 9. The zero-order valence-electron chi connectivity index (χ0n) is 17.7. The quantitative estimate of drug-likeness (QED) is 0.403. The van der Waals surface area contributed by atoms with Crippen LogP contribution in [0.3, 0.4) is 0 Å². The second kappa shape index (κ2) is 9.82. The third-order valence-electron chi connectivity index (χ3n) is 4.56. The van der Waals surface area contributed by atoms with E-state index < -0.39 is 5.91 Å². The van der Waals surface area contributed by atoms with Crippen LogP contribution in [0.25, 0.3) is 11.0 Å². The molecule has 0 saturated heterocycles. The molecule has 0 unspecified atom stereocenters. The van der Waals surface area contributed by atoms with Gasteiger partial charge in [-0.15, -0.1) is 0 Å². The number of amides is 1. The molecular weight excluding hydrogens is 396 g/mol. The zero-order chi connectivity index (χ0) is 22.4. The van der Waals surface area contributed by atoms with Crippen molar-refractivity contribution in [1.82, 2.24) is 14.5 Å². The minimum absolute atomic E-state index is 0.255. The van der Waals surface area contributed by atoms with Crippen LogP contribution in [0.5, 0.6) is 0 Å². The van der Waals surface area contributed by atoms with E-state index in [1.54, 1.807) is 31.5 Å². The number of carbonyl (C=O) groups is 2. The van der Waals surface area contributed by atoms with E-state index >= 15 is 0 Å². The summed E-state index contributed by atoms with van der Waals surface area (Å²) in [6.07, 6.45) is 3.79. The van der Waals surface area contributed by atoms with E-state index in [4.69, 9.17) is 4.74 Å². The van der Waals surface area contributed by atoms with Crippen molar-refractivity contribution >= 4 is 34.7 Å². The number of aldehydes is 1. The Hall–Kier alpha value is -3.77. The molecule has 0 aromatic carbocycles. The van der Waals surface area contributed by atoms with Crippen LogP contribution in [0.1, 0.15) is 40.3 Å². The molecule has 0 saturated carbocycles. The first kappa shape index (κ1) is 21.9. The first-order valence-electron chi connectivity index (χ1n) is 9.86. The summed E-state index contributed by atoms with van der Waals surface area (Å²) in [6.45, 7) is 5.84. The molecule has 0 spiro atoms. The minimum Gasteiger partial charge on any atom is -0.383 e. The van der Waals surface area contributed by atoms with E-state index in [0.29, 0.717) is 60.0 Å². The molecule has 0 aliphatic rings. The summed E-state index contributed by atoms with van der Waals surface area (Å²) in [4.78, 5) is 32.7. The van der Waals surface area contributed by atoms with Gasteiger partial charge < -0.3 is 19.9 Å². The van der Waals surface area contributed by atoms with Crippen LogP contribution in [-0.4, -0.2) is 47.0 Å². The van der Waals surface area contributed by atoms with Crippen molar-refractivity contribution in [2.24, 2.45) is 5.92 Å². The molecular formula is C22H24N6O3. The second-order valence-electron chi connectivity index (χ2n) is 7.41. The summed E-state index contributed by atoms with van der Waals surface area (Å²) in [7, 11) is 1.59. The highest BCUT2D eigenvalue weighted by Crippen LogP contribution is 2.23. The number of pyridine rings is 2. The van der Waals surface area contributed by atoms with Crippen molar-refractivity contribution in [2.75, 3.05) is 30.9 Å². The van der Waals surface area contributed by atoms with Crippen LogP contribution in [0.2, 0.25) is 0 Å². The molecule has 0 atom stereocenters. The van der Waals surface area contributed by atoms with Gasteiger partial charge in [0.25, 0.3) is 5.91 Å². The van der Waals surface area contributed by atoms with Gasteiger partial charge in [-0.1, -0.05) is 13.8 Å². The monoisotopic (exact) mass is 420 g/mol. The van der Waals surface area contributed by atoms with Gasteiger partial charge in [0, 0.05) is 38.7 Å². The van der Waals surface area contributed by atoms with E-state index in [1.165, 1.54) is 6.20 Å². The molecule has 1 amide bonds. The Labute approximate surface area is 180 Å².